The van der Waals surface area contributed by atoms with Gasteiger partial charge in [-0.3, -0.25) is 0 Å². The lowest BCUT2D eigenvalue weighted by atomic mass is 10.0. The van der Waals surface area contributed by atoms with Crippen molar-refractivity contribution in [3.63, 3.8) is 0 Å². The lowest BCUT2D eigenvalue weighted by molar-refractivity contribution is 0.131. The molecule has 0 amide bonds. The highest BCUT2D eigenvalue weighted by molar-refractivity contribution is 7.88. The number of halogens is 1. The highest BCUT2D eigenvalue weighted by Crippen LogP contribution is 2.38. The number of piperidine rings is 3. The van der Waals surface area contributed by atoms with E-state index in [-0.39, 0.29) is 36.4 Å². The summed E-state index contributed by atoms with van der Waals surface area (Å²) >= 11 is 6.55. The van der Waals surface area contributed by atoms with E-state index in [1.807, 2.05) is 141 Å². The number of para-hydroxylation sites is 3. The molecule has 104 heavy (non-hydrogen) atoms. The van der Waals surface area contributed by atoms with Crippen molar-refractivity contribution in [2.45, 2.75) is 103 Å². The molecule has 3 N–H and O–H groups in total. The van der Waals surface area contributed by atoms with Gasteiger partial charge in [0.05, 0.1) is 80.9 Å². The Morgan fingerprint density at radius 3 is 1.12 bits per heavy atom. The van der Waals surface area contributed by atoms with Crippen LogP contribution in [-0.4, -0.2) is 159 Å². The minimum atomic E-state index is -3.20. The number of fused-ring (bicyclic) bond motifs is 6. The van der Waals surface area contributed by atoms with Gasteiger partial charge in [0.1, 0.15) is 54.7 Å². The molecule has 0 bridgehead atoms. The molecule has 3 aliphatic rings. The molecule has 3 atom stereocenters. The van der Waals surface area contributed by atoms with E-state index < -0.39 is 30.1 Å². The molecule has 6 aromatic heterocycles. The summed E-state index contributed by atoms with van der Waals surface area (Å²) in [5, 5.41) is 19.5. The van der Waals surface area contributed by atoms with Crippen LogP contribution in [0.4, 0.5) is 17.5 Å². The van der Waals surface area contributed by atoms with Gasteiger partial charge in [-0.2, -0.15) is 0 Å². The highest BCUT2D eigenvalue weighted by atomic mass is 35.5. The number of benzene rings is 6. The molecule has 28 heteroatoms. The molecule has 0 spiro atoms. The second-order valence-corrected chi connectivity index (χ2v) is 32.9. The molecule has 0 aliphatic carbocycles. The summed E-state index contributed by atoms with van der Waals surface area (Å²) in [5.74, 6) is 3.86. The van der Waals surface area contributed by atoms with E-state index in [2.05, 4.69) is 84.0 Å². The fraction of sp³-hybridized carbons (Fsp3) is 0.329. The van der Waals surface area contributed by atoms with Crippen molar-refractivity contribution in [3.05, 3.63) is 198 Å². The Kier molecular flexibility index (Phi) is 21.9. The van der Waals surface area contributed by atoms with E-state index >= 15 is 0 Å². The van der Waals surface area contributed by atoms with Gasteiger partial charge in [-0.25, -0.2) is 83.0 Å². The number of pyridine rings is 3. The lowest BCUT2D eigenvalue weighted by Gasteiger charge is -2.30. The Morgan fingerprint density at radius 2 is 0.712 bits per heavy atom. The van der Waals surface area contributed by atoms with E-state index in [0.717, 1.165) is 105 Å². The predicted molar refractivity (Wildman–Crippen MR) is 410 cm³/mol. The van der Waals surface area contributed by atoms with Crippen molar-refractivity contribution in [2.75, 3.05) is 74.0 Å². The van der Waals surface area contributed by atoms with E-state index in [1.54, 1.807) is 19.0 Å². The Balaban J connectivity index is 0.000000139. The van der Waals surface area contributed by atoms with Crippen LogP contribution in [0.1, 0.15) is 100 Å². The number of ether oxygens (including phenoxy) is 3. The van der Waals surface area contributed by atoms with Crippen LogP contribution in [0.2, 0.25) is 5.02 Å². The standard InChI is InChI=1S/C26H29N5O3S.C25H26ClN5O3S.C25H27N5O3S/c1-17-7-6-8-19-15-23(18(2)29-25-21-9-4-5-10-22(21)27-16-28-25)30-26(24(17)19)34-20-11-13-31(14-12-20)35(3,32)33;1-16(29-24-19-7-3-4-9-21(19)27-15-28-24)22-14-17-6-5-8-20(26)23(17)25(30-22)34-18-10-12-31(13-11-18)35(2,32)33;1-17(28-24-21-9-5-6-10-22(21)26-16-27-24)23-15-18-7-3-4-8-20(18)25(29-23)33-19-11-13-30(14-12-19)34(2,31)32/h4-10,15-16,18,20H,11-14H2,1-3H3,(H,27,28,29);3-9,14-16,18H,10-13H2,1-2H3,(H,27,28,29);3-10,15-17,19H,11-14H2,1-2H3,(H,26,27,28)/t18-;16-;17-/m000/s1. The van der Waals surface area contributed by atoms with Gasteiger partial charge in [-0.05, 0) is 155 Å². The number of hydrogen-bond donors (Lipinski definition) is 3. The van der Waals surface area contributed by atoms with Crippen LogP contribution in [0.5, 0.6) is 17.6 Å². The normalized spacial score (nSPS) is 16.5. The van der Waals surface area contributed by atoms with E-state index in [1.165, 1.54) is 31.7 Å². The molecule has 6 aromatic carbocycles. The third kappa shape index (κ3) is 17.1. The van der Waals surface area contributed by atoms with Crippen LogP contribution in [0.25, 0.3) is 65.0 Å². The monoisotopic (exact) mass is 1480 g/mol. The number of aryl methyl sites for hydroxylation is 1. The fourth-order valence-electron chi connectivity index (χ4n) is 13.3. The molecule has 540 valence electrons. The van der Waals surface area contributed by atoms with E-state index in [4.69, 9.17) is 40.8 Å². The average molecular weight is 1480 g/mol. The van der Waals surface area contributed by atoms with Crippen molar-refractivity contribution in [1.82, 2.24) is 57.8 Å². The third-order valence-corrected chi connectivity index (χ3v) is 23.3. The van der Waals surface area contributed by atoms with Gasteiger partial charge >= 0.3 is 0 Å². The van der Waals surface area contributed by atoms with Crippen LogP contribution >= 0.6 is 11.6 Å². The number of hydrogen-bond acceptors (Lipinski definition) is 21. The van der Waals surface area contributed by atoms with E-state index in [0.29, 0.717) is 100 Å². The first-order valence-electron chi connectivity index (χ1n) is 34.6. The largest absolute Gasteiger partial charge is 0.474 e. The van der Waals surface area contributed by atoms with Gasteiger partial charge in [0.15, 0.2) is 0 Å². The first-order valence-corrected chi connectivity index (χ1v) is 40.5. The minimum Gasteiger partial charge on any atom is -0.474 e. The minimum absolute atomic E-state index is 0.0850. The molecule has 9 heterocycles. The Bertz CT molecular complexity index is 5230. The van der Waals surface area contributed by atoms with Gasteiger partial charge in [-0.1, -0.05) is 96.5 Å². The zero-order valence-corrected chi connectivity index (χ0v) is 62.0. The summed E-state index contributed by atoms with van der Waals surface area (Å²) in [6.45, 7) is 10.8. The second-order valence-electron chi connectivity index (χ2n) is 26.5. The molecule has 24 nitrogen and oxygen atoms in total. The third-order valence-electron chi connectivity index (χ3n) is 19.0. The van der Waals surface area contributed by atoms with Crippen LogP contribution in [0.3, 0.4) is 0 Å². The van der Waals surface area contributed by atoms with Gasteiger partial charge in [-0.15, -0.1) is 0 Å². The fourth-order valence-corrected chi connectivity index (χ4v) is 16.2. The van der Waals surface area contributed by atoms with Crippen molar-refractivity contribution in [1.29, 1.82) is 0 Å². The summed E-state index contributed by atoms with van der Waals surface area (Å²) in [6, 6.07) is 49.2. The van der Waals surface area contributed by atoms with Gasteiger partial charge in [0.2, 0.25) is 47.7 Å². The van der Waals surface area contributed by atoms with Crippen molar-refractivity contribution in [3.8, 4) is 17.6 Å². The molecule has 0 radical (unpaired) electrons. The Labute approximate surface area is 610 Å². The van der Waals surface area contributed by atoms with Crippen LogP contribution < -0.4 is 30.2 Å². The van der Waals surface area contributed by atoms with Gasteiger partial charge in [0.25, 0.3) is 0 Å². The number of aromatic nitrogens is 9. The topological polar surface area (TPSA) is 292 Å². The zero-order chi connectivity index (χ0) is 72.9. The first-order chi connectivity index (χ1) is 50.0. The van der Waals surface area contributed by atoms with Crippen LogP contribution in [-0.2, 0) is 30.1 Å². The summed E-state index contributed by atoms with van der Waals surface area (Å²) in [4.78, 5) is 41.0. The number of sulfonamides is 3. The molecular formula is C76H82ClN15O9S3. The van der Waals surface area contributed by atoms with Crippen molar-refractivity contribution < 1.29 is 39.5 Å². The Hall–Kier alpha value is -9.61. The first kappa shape index (κ1) is 72.7. The van der Waals surface area contributed by atoms with Crippen LogP contribution in [0.15, 0.2) is 171 Å². The number of nitrogens with zero attached hydrogens (tertiary/aromatic N) is 12. The molecular weight excluding hydrogens is 1400 g/mol. The molecule has 15 rings (SSSR count). The maximum Gasteiger partial charge on any atom is 0.223 e. The molecule has 0 saturated carbocycles. The maximum atomic E-state index is 11.9. The number of nitrogens with one attached hydrogen (secondary N) is 3. The molecule has 3 saturated heterocycles. The molecule has 12 aromatic rings. The van der Waals surface area contributed by atoms with E-state index in [9.17, 15) is 25.3 Å². The quantitative estimate of drug-likeness (QED) is 0.0719. The number of anilines is 3. The molecule has 3 fully saturated rings. The number of rotatable bonds is 18. The maximum absolute atomic E-state index is 11.9. The summed E-state index contributed by atoms with van der Waals surface area (Å²) in [5.41, 5.74) is 6.17. The SMILES string of the molecule is C[C@H](Nc1ncnc2ccccc12)c1cc2cccc(Cl)c2c(OC2CCN(S(C)(=O)=O)CC2)n1.C[C@H](Nc1ncnc2ccccc12)c1cc2ccccc2c(OC2CCN(S(C)(=O)=O)CC2)n1.Cc1cccc2cc([C@H](C)Nc3ncnc4ccccc34)nc(OC3CCN(S(C)(=O)=O)CC3)c12. The van der Waals surface area contributed by atoms with Gasteiger partial charge < -0.3 is 30.2 Å². The highest BCUT2D eigenvalue weighted by Gasteiger charge is 2.31. The molecule has 0 unspecified atom stereocenters. The predicted octanol–water partition coefficient (Wildman–Crippen LogP) is 13.4. The smallest absolute Gasteiger partial charge is 0.223 e. The molecule has 3 aliphatic heterocycles. The second kappa shape index (κ2) is 31.4. The Morgan fingerprint density at radius 1 is 0.394 bits per heavy atom. The lowest BCUT2D eigenvalue weighted by Crippen LogP contribution is -2.41. The van der Waals surface area contributed by atoms with Crippen LogP contribution in [0, 0.1) is 6.92 Å². The summed E-state index contributed by atoms with van der Waals surface area (Å²) in [7, 11) is -9.56. The summed E-state index contributed by atoms with van der Waals surface area (Å²) < 4.78 is 94.8. The van der Waals surface area contributed by atoms with Crippen molar-refractivity contribution >= 4 is 124 Å². The van der Waals surface area contributed by atoms with Crippen molar-refractivity contribution in [2.24, 2.45) is 0 Å². The summed E-state index contributed by atoms with van der Waals surface area (Å²) in [6.07, 6.45) is 11.8. The zero-order valence-electron chi connectivity index (χ0n) is 58.8. The van der Waals surface area contributed by atoms with Gasteiger partial charge in [0, 0.05) is 66.2 Å². The average Bonchev–Trinajstić information content (AvgIpc) is 0.776.